The van der Waals surface area contributed by atoms with E-state index in [4.69, 9.17) is 9.72 Å². The Hall–Kier alpha value is -4.83. The van der Waals surface area contributed by atoms with Crippen molar-refractivity contribution in [3.8, 4) is 28.5 Å². The Labute approximate surface area is 220 Å². The first-order valence-electron chi connectivity index (χ1n) is 12.6. The van der Waals surface area contributed by atoms with Crippen LogP contribution in [0.4, 0.5) is 0 Å². The highest BCUT2D eigenvalue weighted by Gasteiger charge is 2.46. The quantitative estimate of drug-likeness (QED) is 0.291. The Morgan fingerprint density at radius 2 is 1.66 bits per heavy atom. The number of imidazole rings is 1. The summed E-state index contributed by atoms with van der Waals surface area (Å²) in [5, 5.41) is 10.0. The van der Waals surface area contributed by atoms with Crippen LogP contribution in [0.2, 0.25) is 0 Å². The predicted octanol–water partition coefficient (Wildman–Crippen LogP) is 5.38. The van der Waals surface area contributed by atoms with Crippen LogP contribution < -0.4 is 0 Å². The van der Waals surface area contributed by atoms with Crippen molar-refractivity contribution in [3.63, 3.8) is 0 Å². The lowest BCUT2D eigenvalue weighted by Gasteiger charge is -2.17. The van der Waals surface area contributed by atoms with Crippen LogP contribution in [0, 0.1) is 16.7 Å². The van der Waals surface area contributed by atoms with Crippen LogP contribution in [0.5, 0.6) is 0 Å². The lowest BCUT2D eigenvalue weighted by molar-refractivity contribution is -0.151. The second-order valence-electron chi connectivity index (χ2n) is 9.55. The highest BCUT2D eigenvalue weighted by molar-refractivity contribution is 5.94. The average Bonchev–Trinajstić information content (AvgIpc) is 3.55. The molecule has 2 heterocycles. The SMILES string of the molecule is CCOC(=O)C1(C#N)Cc2cc(-c3ccccc3)c(-c3ncnc4c3ncn4Cc3ccccc3)cc2C1. The maximum Gasteiger partial charge on any atom is 0.327 e. The van der Waals surface area contributed by atoms with Gasteiger partial charge in [0.1, 0.15) is 17.5 Å². The van der Waals surface area contributed by atoms with E-state index < -0.39 is 11.4 Å². The number of hydrogen-bond donors (Lipinski definition) is 0. The van der Waals surface area contributed by atoms with E-state index in [0.717, 1.165) is 39.0 Å². The lowest BCUT2D eigenvalue weighted by atomic mass is 9.86. The van der Waals surface area contributed by atoms with E-state index >= 15 is 0 Å². The molecule has 7 nitrogen and oxygen atoms in total. The Kier molecular flexibility index (Phi) is 5.93. The van der Waals surface area contributed by atoms with Crippen LogP contribution in [-0.2, 0) is 28.9 Å². The molecule has 0 aliphatic heterocycles. The van der Waals surface area contributed by atoms with Crippen LogP contribution in [0.25, 0.3) is 33.5 Å². The van der Waals surface area contributed by atoms with E-state index in [2.05, 4.69) is 52.4 Å². The molecule has 0 bridgehead atoms. The van der Waals surface area contributed by atoms with E-state index in [-0.39, 0.29) is 6.61 Å². The predicted molar refractivity (Wildman–Crippen MR) is 144 cm³/mol. The first-order chi connectivity index (χ1) is 18.6. The average molecular weight is 500 g/mol. The molecule has 0 N–H and O–H groups in total. The summed E-state index contributed by atoms with van der Waals surface area (Å²) in [6.07, 6.45) is 3.99. The fourth-order valence-corrected chi connectivity index (χ4v) is 5.30. The van der Waals surface area contributed by atoms with Gasteiger partial charge in [0.15, 0.2) is 11.1 Å². The van der Waals surface area contributed by atoms with Crippen LogP contribution >= 0.6 is 0 Å². The lowest BCUT2D eigenvalue weighted by Crippen LogP contribution is -2.32. The number of fused-ring (bicyclic) bond motifs is 2. The number of benzene rings is 3. The van der Waals surface area contributed by atoms with Gasteiger partial charge >= 0.3 is 5.97 Å². The van der Waals surface area contributed by atoms with Crippen LogP contribution in [-0.4, -0.2) is 32.1 Å². The summed E-state index contributed by atoms with van der Waals surface area (Å²) in [4.78, 5) is 26.8. The highest BCUT2D eigenvalue weighted by atomic mass is 16.5. The highest BCUT2D eigenvalue weighted by Crippen LogP contribution is 2.44. The van der Waals surface area contributed by atoms with Gasteiger partial charge in [-0.05, 0) is 40.8 Å². The van der Waals surface area contributed by atoms with Gasteiger partial charge in [-0.1, -0.05) is 66.7 Å². The zero-order valence-corrected chi connectivity index (χ0v) is 21.0. The van der Waals surface area contributed by atoms with Crippen molar-refractivity contribution in [2.45, 2.75) is 26.3 Å². The molecular formula is C31H25N5O2. The Bertz CT molecular complexity index is 1690. The first-order valence-corrected chi connectivity index (χ1v) is 12.6. The van der Waals surface area contributed by atoms with Crippen LogP contribution in [0.1, 0.15) is 23.6 Å². The van der Waals surface area contributed by atoms with Gasteiger partial charge in [0.25, 0.3) is 0 Å². The summed E-state index contributed by atoms with van der Waals surface area (Å²) in [5.74, 6) is -0.467. The minimum absolute atomic E-state index is 0.240. The number of aromatic nitrogens is 4. The van der Waals surface area contributed by atoms with Crippen LogP contribution in [0.15, 0.2) is 85.5 Å². The molecule has 2 aromatic heterocycles. The Morgan fingerprint density at radius 3 is 2.34 bits per heavy atom. The normalized spacial score (nSPS) is 16.2. The smallest absolute Gasteiger partial charge is 0.327 e. The zero-order chi connectivity index (χ0) is 26.1. The molecular weight excluding hydrogens is 474 g/mol. The molecule has 1 atom stereocenters. The maximum atomic E-state index is 12.8. The van der Waals surface area contributed by atoms with Gasteiger partial charge in [-0.2, -0.15) is 5.26 Å². The number of nitrogens with zero attached hydrogens (tertiary/aromatic N) is 5. The van der Waals surface area contributed by atoms with E-state index in [0.29, 0.717) is 30.6 Å². The molecule has 1 aliphatic rings. The third kappa shape index (κ3) is 4.00. The third-order valence-corrected chi connectivity index (χ3v) is 7.14. The van der Waals surface area contributed by atoms with Crippen molar-refractivity contribution >= 4 is 17.1 Å². The van der Waals surface area contributed by atoms with Crippen molar-refractivity contribution < 1.29 is 9.53 Å². The molecule has 0 radical (unpaired) electrons. The summed E-state index contributed by atoms with van der Waals surface area (Å²) in [6, 6.07) is 26.7. The zero-order valence-electron chi connectivity index (χ0n) is 21.0. The van der Waals surface area contributed by atoms with Crippen molar-refractivity contribution in [1.82, 2.24) is 19.5 Å². The van der Waals surface area contributed by atoms with E-state index in [1.807, 2.05) is 41.0 Å². The number of nitriles is 1. The molecule has 186 valence electrons. The van der Waals surface area contributed by atoms with Gasteiger partial charge in [-0.3, -0.25) is 4.79 Å². The number of hydrogen-bond acceptors (Lipinski definition) is 6. The van der Waals surface area contributed by atoms with Crippen molar-refractivity contribution in [1.29, 1.82) is 5.26 Å². The van der Waals surface area contributed by atoms with Crippen molar-refractivity contribution in [3.05, 3.63) is 102 Å². The van der Waals surface area contributed by atoms with Gasteiger partial charge in [0, 0.05) is 18.4 Å². The van der Waals surface area contributed by atoms with Crippen molar-refractivity contribution in [2.24, 2.45) is 5.41 Å². The standard InChI is InChI=1S/C31H25N5O2/c1-2-38-30(37)31(18-32)15-23-13-25(22-11-7-4-8-12-22)26(14-24(23)16-31)27-28-29(34-19-33-27)36(20-35-28)17-21-9-5-3-6-10-21/h3-14,19-20H,2,15-17H2,1H3. The summed E-state index contributed by atoms with van der Waals surface area (Å²) < 4.78 is 7.32. The summed E-state index contributed by atoms with van der Waals surface area (Å²) in [6.45, 7) is 2.64. The van der Waals surface area contributed by atoms with Gasteiger partial charge in [-0.25, -0.2) is 15.0 Å². The van der Waals surface area contributed by atoms with E-state index in [1.165, 1.54) is 0 Å². The minimum atomic E-state index is -1.22. The van der Waals surface area contributed by atoms with Gasteiger partial charge < -0.3 is 9.30 Å². The van der Waals surface area contributed by atoms with Gasteiger partial charge in [0.05, 0.1) is 25.5 Å². The Morgan fingerprint density at radius 1 is 0.974 bits per heavy atom. The summed E-state index contributed by atoms with van der Waals surface area (Å²) in [5.41, 5.74) is 6.91. The molecule has 0 spiro atoms. The molecule has 0 saturated heterocycles. The molecule has 1 unspecified atom stereocenters. The monoisotopic (exact) mass is 499 g/mol. The topological polar surface area (TPSA) is 93.7 Å². The molecule has 38 heavy (non-hydrogen) atoms. The molecule has 5 aromatic rings. The number of carbonyl (C=O) groups is 1. The van der Waals surface area contributed by atoms with Gasteiger partial charge in [-0.15, -0.1) is 0 Å². The van der Waals surface area contributed by atoms with Crippen LogP contribution in [0.3, 0.4) is 0 Å². The fraction of sp³-hybridized carbons (Fsp3) is 0.194. The largest absolute Gasteiger partial charge is 0.465 e. The molecule has 7 heteroatoms. The third-order valence-electron chi connectivity index (χ3n) is 7.14. The molecule has 0 saturated carbocycles. The summed E-state index contributed by atoms with van der Waals surface area (Å²) in [7, 11) is 0. The maximum absolute atomic E-state index is 12.8. The minimum Gasteiger partial charge on any atom is -0.465 e. The van der Waals surface area contributed by atoms with E-state index in [9.17, 15) is 10.1 Å². The van der Waals surface area contributed by atoms with E-state index in [1.54, 1.807) is 19.6 Å². The molecule has 1 aliphatic carbocycles. The first kappa shape index (κ1) is 23.6. The molecule has 6 rings (SSSR count). The second kappa shape index (κ2) is 9.56. The second-order valence-corrected chi connectivity index (χ2v) is 9.55. The number of ether oxygens (including phenoxy) is 1. The fourth-order valence-electron chi connectivity index (χ4n) is 5.30. The number of rotatable bonds is 6. The van der Waals surface area contributed by atoms with Crippen molar-refractivity contribution in [2.75, 3.05) is 6.61 Å². The molecule has 3 aromatic carbocycles. The van der Waals surface area contributed by atoms with Gasteiger partial charge in [0.2, 0.25) is 0 Å². The summed E-state index contributed by atoms with van der Waals surface area (Å²) >= 11 is 0. The molecule has 0 amide bonds. The Balaban J connectivity index is 1.50. The number of esters is 1. The molecule has 0 fully saturated rings. The number of carbonyl (C=O) groups excluding carboxylic acids is 1.